The summed E-state index contributed by atoms with van der Waals surface area (Å²) >= 11 is 9.20. The van der Waals surface area contributed by atoms with Crippen LogP contribution in [0.25, 0.3) is 28.2 Å². The molecule has 0 atom stereocenters. The van der Waals surface area contributed by atoms with Crippen LogP contribution in [-0.2, 0) is 0 Å². The standard InChI is InChI=1S/C19H10BrClFN3O/c20-12-3-6-15(16(22)7-12)17-9-19-23-14(10-26)8-18(25(19)24-17)11-1-4-13(21)5-2-11/h1-10H. The van der Waals surface area contributed by atoms with Gasteiger partial charge in [0, 0.05) is 26.7 Å². The number of fused-ring (bicyclic) bond motifs is 1. The van der Waals surface area contributed by atoms with Crippen LogP contribution in [0.5, 0.6) is 0 Å². The summed E-state index contributed by atoms with van der Waals surface area (Å²) in [6.45, 7) is 0. The van der Waals surface area contributed by atoms with E-state index < -0.39 is 5.82 Å². The van der Waals surface area contributed by atoms with Gasteiger partial charge in [-0.05, 0) is 36.4 Å². The Morgan fingerprint density at radius 1 is 1.08 bits per heavy atom. The van der Waals surface area contributed by atoms with Crippen molar-refractivity contribution in [3.63, 3.8) is 0 Å². The monoisotopic (exact) mass is 429 g/mol. The van der Waals surface area contributed by atoms with E-state index in [1.807, 2.05) is 12.1 Å². The van der Waals surface area contributed by atoms with Crippen LogP contribution in [0.15, 0.2) is 59.1 Å². The molecule has 0 saturated carbocycles. The van der Waals surface area contributed by atoms with E-state index in [-0.39, 0.29) is 5.69 Å². The van der Waals surface area contributed by atoms with E-state index in [1.54, 1.807) is 40.9 Å². The Morgan fingerprint density at radius 3 is 2.54 bits per heavy atom. The number of carbonyl (C=O) groups is 1. The average Bonchev–Trinajstić information content (AvgIpc) is 3.05. The Kier molecular flexibility index (Phi) is 4.30. The van der Waals surface area contributed by atoms with E-state index >= 15 is 0 Å². The molecule has 0 aliphatic carbocycles. The fourth-order valence-corrected chi connectivity index (χ4v) is 3.17. The second kappa shape index (κ2) is 6.63. The maximum atomic E-state index is 14.3. The van der Waals surface area contributed by atoms with Crippen molar-refractivity contribution >= 4 is 39.5 Å². The first kappa shape index (κ1) is 16.9. The van der Waals surface area contributed by atoms with Gasteiger partial charge in [-0.1, -0.05) is 39.7 Å². The van der Waals surface area contributed by atoms with Crippen LogP contribution < -0.4 is 0 Å². The Hall–Kier alpha value is -2.57. The van der Waals surface area contributed by atoms with Gasteiger partial charge in [0.05, 0.1) is 11.4 Å². The molecule has 4 nitrogen and oxygen atoms in total. The number of aldehydes is 1. The van der Waals surface area contributed by atoms with Crippen molar-refractivity contribution in [3.8, 4) is 22.5 Å². The molecule has 0 bridgehead atoms. The van der Waals surface area contributed by atoms with Crippen LogP contribution in [0.3, 0.4) is 0 Å². The Balaban J connectivity index is 1.96. The molecule has 128 valence electrons. The molecule has 0 spiro atoms. The molecule has 0 unspecified atom stereocenters. The fourth-order valence-electron chi connectivity index (χ4n) is 2.71. The first-order chi connectivity index (χ1) is 12.5. The summed E-state index contributed by atoms with van der Waals surface area (Å²) in [4.78, 5) is 15.5. The highest BCUT2D eigenvalue weighted by molar-refractivity contribution is 9.10. The summed E-state index contributed by atoms with van der Waals surface area (Å²) in [5.41, 5.74) is 2.99. The van der Waals surface area contributed by atoms with Gasteiger partial charge in [-0.25, -0.2) is 13.9 Å². The number of hydrogen-bond acceptors (Lipinski definition) is 3. The number of benzene rings is 2. The van der Waals surface area contributed by atoms with Crippen LogP contribution in [0.1, 0.15) is 10.5 Å². The van der Waals surface area contributed by atoms with E-state index in [1.165, 1.54) is 6.07 Å². The molecule has 0 fully saturated rings. The third-order valence-electron chi connectivity index (χ3n) is 3.91. The molecule has 0 aliphatic rings. The molecule has 2 aromatic carbocycles. The highest BCUT2D eigenvalue weighted by Gasteiger charge is 2.15. The average molecular weight is 431 g/mol. The molecule has 0 N–H and O–H groups in total. The zero-order valence-corrected chi connectivity index (χ0v) is 15.5. The summed E-state index contributed by atoms with van der Waals surface area (Å²) in [6, 6.07) is 15.2. The SMILES string of the molecule is O=Cc1cc(-c2ccc(Cl)cc2)n2nc(-c3ccc(Br)cc3F)cc2n1. The Morgan fingerprint density at radius 2 is 1.85 bits per heavy atom. The Bertz CT molecular complexity index is 1140. The second-order valence-electron chi connectivity index (χ2n) is 5.61. The second-order valence-corrected chi connectivity index (χ2v) is 6.97. The van der Waals surface area contributed by atoms with Gasteiger partial charge in [0.15, 0.2) is 11.9 Å². The van der Waals surface area contributed by atoms with Crippen molar-refractivity contribution in [1.82, 2.24) is 14.6 Å². The van der Waals surface area contributed by atoms with Gasteiger partial charge in [-0.15, -0.1) is 0 Å². The number of aromatic nitrogens is 3. The molecular weight excluding hydrogens is 421 g/mol. The zero-order valence-electron chi connectivity index (χ0n) is 13.2. The molecule has 0 radical (unpaired) electrons. The lowest BCUT2D eigenvalue weighted by atomic mass is 10.1. The first-order valence-corrected chi connectivity index (χ1v) is 8.79. The molecule has 4 rings (SSSR count). The third-order valence-corrected chi connectivity index (χ3v) is 4.66. The topological polar surface area (TPSA) is 47.3 Å². The predicted octanol–water partition coefficient (Wildman–Crippen LogP) is 5.43. The van der Waals surface area contributed by atoms with Gasteiger partial charge in [0.2, 0.25) is 0 Å². The van der Waals surface area contributed by atoms with E-state index in [0.29, 0.717) is 38.4 Å². The lowest BCUT2D eigenvalue weighted by Gasteiger charge is -2.06. The fraction of sp³-hybridized carbons (Fsp3) is 0. The number of hydrogen-bond donors (Lipinski definition) is 0. The van der Waals surface area contributed by atoms with Crippen LogP contribution in [0.4, 0.5) is 4.39 Å². The maximum absolute atomic E-state index is 14.3. The predicted molar refractivity (Wildman–Crippen MR) is 102 cm³/mol. The summed E-state index contributed by atoms with van der Waals surface area (Å²) in [5, 5.41) is 5.10. The van der Waals surface area contributed by atoms with E-state index in [2.05, 4.69) is 26.0 Å². The van der Waals surface area contributed by atoms with Gasteiger partial charge in [0.1, 0.15) is 11.5 Å². The van der Waals surface area contributed by atoms with Crippen molar-refractivity contribution < 1.29 is 9.18 Å². The maximum Gasteiger partial charge on any atom is 0.168 e. The zero-order chi connectivity index (χ0) is 18.3. The van der Waals surface area contributed by atoms with E-state index in [4.69, 9.17) is 11.6 Å². The summed E-state index contributed by atoms with van der Waals surface area (Å²) in [5.74, 6) is -0.397. The van der Waals surface area contributed by atoms with Gasteiger partial charge in [0.25, 0.3) is 0 Å². The summed E-state index contributed by atoms with van der Waals surface area (Å²) in [6.07, 6.45) is 0.673. The lowest BCUT2D eigenvalue weighted by Crippen LogP contribution is -1.99. The minimum atomic E-state index is -0.397. The minimum Gasteiger partial charge on any atom is -0.296 e. The van der Waals surface area contributed by atoms with Gasteiger partial charge in [-0.2, -0.15) is 5.10 Å². The highest BCUT2D eigenvalue weighted by atomic mass is 79.9. The molecule has 26 heavy (non-hydrogen) atoms. The van der Waals surface area contributed by atoms with E-state index in [0.717, 1.165) is 5.56 Å². The Labute approximate surface area is 161 Å². The summed E-state index contributed by atoms with van der Waals surface area (Å²) in [7, 11) is 0. The van der Waals surface area contributed by atoms with Gasteiger partial charge < -0.3 is 0 Å². The highest BCUT2D eigenvalue weighted by Crippen LogP contribution is 2.28. The quantitative estimate of drug-likeness (QED) is 0.407. The van der Waals surface area contributed by atoms with Crippen molar-refractivity contribution in [1.29, 1.82) is 0 Å². The number of nitrogens with zero attached hydrogens (tertiary/aromatic N) is 3. The lowest BCUT2D eigenvalue weighted by molar-refractivity contribution is 0.111. The number of rotatable bonds is 3. The summed E-state index contributed by atoms with van der Waals surface area (Å²) < 4.78 is 16.5. The van der Waals surface area contributed by atoms with Crippen molar-refractivity contribution in [2.24, 2.45) is 0 Å². The number of halogens is 3. The first-order valence-electron chi connectivity index (χ1n) is 7.62. The van der Waals surface area contributed by atoms with Crippen LogP contribution in [0.2, 0.25) is 5.02 Å². The number of carbonyl (C=O) groups excluding carboxylic acids is 1. The molecule has 0 saturated heterocycles. The van der Waals surface area contributed by atoms with E-state index in [9.17, 15) is 9.18 Å². The van der Waals surface area contributed by atoms with Crippen LogP contribution in [0, 0.1) is 5.82 Å². The molecule has 7 heteroatoms. The van der Waals surface area contributed by atoms with Gasteiger partial charge >= 0.3 is 0 Å². The van der Waals surface area contributed by atoms with Gasteiger partial charge in [-0.3, -0.25) is 4.79 Å². The third kappa shape index (κ3) is 3.02. The molecule has 0 aliphatic heterocycles. The molecule has 4 aromatic rings. The normalized spacial score (nSPS) is 11.0. The van der Waals surface area contributed by atoms with Crippen LogP contribution in [-0.4, -0.2) is 20.9 Å². The minimum absolute atomic E-state index is 0.269. The van der Waals surface area contributed by atoms with Crippen molar-refractivity contribution in [2.75, 3.05) is 0 Å². The van der Waals surface area contributed by atoms with Crippen LogP contribution >= 0.6 is 27.5 Å². The molecule has 0 amide bonds. The largest absolute Gasteiger partial charge is 0.296 e. The molecule has 2 heterocycles. The molecular formula is C19H10BrClFN3O. The van der Waals surface area contributed by atoms with Crippen molar-refractivity contribution in [2.45, 2.75) is 0 Å². The smallest absolute Gasteiger partial charge is 0.168 e. The van der Waals surface area contributed by atoms with Crippen molar-refractivity contribution in [3.05, 3.63) is 75.6 Å². The molecule has 2 aromatic heterocycles.